The third kappa shape index (κ3) is 5.42. The molecule has 7 heteroatoms. The first-order valence-corrected chi connectivity index (χ1v) is 10.5. The largest absolute Gasteiger partial charge is 0.357 e. The van der Waals surface area contributed by atoms with Gasteiger partial charge in [-0.15, -0.1) is 11.3 Å². The number of nitrogens with zero attached hydrogens (tertiary/aromatic N) is 4. The summed E-state index contributed by atoms with van der Waals surface area (Å²) in [4.78, 5) is 20.6. The number of aryl methyl sites for hydroxylation is 1. The predicted octanol–water partition coefficient (Wildman–Crippen LogP) is 3.74. The third-order valence-corrected chi connectivity index (χ3v) is 5.54. The molecule has 148 valence electrons. The molecule has 0 amide bonds. The van der Waals surface area contributed by atoms with Crippen molar-refractivity contribution in [2.24, 2.45) is 4.99 Å². The molecule has 0 fully saturated rings. The van der Waals surface area contributed by atoms with E-state index in [9.17, 15) is 0 Å². The standard InChI is InChI=1S/C21H28N6S/c1-4-17-13-25-20(28-17)11-12-23-21(22-5-2)27(3)15-19-24-14-18(26-19)16-9-7-6-8-10-16/h6-10,13-14H,4-5,11-12,15H2,1-3H3,(H,22,23)(H,24,26). The summed E-state index contributed by atoms with van der Waals surface area (Å²) in [5, 5.41) is 4.51. The Kier molecular flexibility index (Phi) is 7.19. The molecule has 0 atom stereocenters. The van der Waals surface area contributed by atoms with Crippen molar-refractivity contribution < 1.29 is 0 Å². The van der Waals surface area contributed by atoms with Crippen LogP contribution in [0, 0.1) is 0 Å². The van der Waals surface area contributed by atoms with Gasteiger partial charge in [-0.2, -0.15) is 0 Å². The highest BCUT2D eigenvalue weighted by atomic mass is 32.1. The zero-order chi connectivity index (χ0) is 19.8. The summed E-state index contributed by atoms with van der Waals surface area (Å²) in [5.41, 5.74) is 2.17. The molecular formula is C21H28N6S. The molecule has 3 rings (SSSR count). The van der Waals surface area contributed by atoms with Gasteiger partial charge < -0.3 is 15.2 Å². The van der Waals surface area contributed by atoms with Crippen LogP contribution in [0.3, 0.4) is 0 Å². The molecule has 0 aliphatic carbocycles. The molecule has 2 heterocycles. The Bertz CT molecular complexity index is 883. The fraction of sp³-hybridized carbons (Fsp3) is 0.381. The molecule has 6 nitrogen and oxygen atoms in total. The number of rotatable bonds is 8. The Labute approximate surface area is 170 Å². The van der Waals surface area contributed by atoms with E-state index in [2.05, 4.69) is 51.1 Å². The fourth-order valence-corrected chi connectivity index (χ4v) is 3.71. The molecule has 0 spiro atoms. The van der Waals surface area contributed by atoms with E-state index in [1.165, 1.54) is 4.88 Å². The van der Waals surface area contributed by atoms with Gasteiger partial charge in [-0.3, -0.25) is 4.99 Å². The molecular weight excluding hydrogens is 368 g/mol. The van der Waals surface area contributed by atoms with Crippen LogP contribution >= 0.6 is 11.3 Å². The van der Waals surface area contributed by atoms with Crippen molar-refractivity contribution >= 4 is 17.3 Å². The van der Waals surface area contributed by atoms with Gasteiger partial charge in [0.1, 0.15) is 5.82 Å². The van der Waals surface area contributed by atoms with Gasteiger partial charge in [0.2, 0.25) is 0 Å². The third-order valence-electron chi connectivity index (χ3n) is 4.33. The molecule has 28 heavy (non-hydrogen) atoms. The van der Waals surface area contributed by atoms with Gasteiger partial charge in [0, 0.05) is 37.6 Å². The number of aromatic nitrogens is 3. The van der Waals surface area contributed by atoms with Crippen LogP contribution in [0.4, 0.5) is 0 Å². The van der Waals surface area contributed by atoms with E-state index in [1.807, 2.05) is 37.6 Å². The number of hydrogen-bond donors (Lipinski definition) is 2. The Morgan fingerprint density at radius 1 is 1.18 bits per heavy atom. The number of aliphatic imine (C=N–C) groups is 1. The molecule has 2 N–H and O–H groups in total. The van der Waals surface area contributed by atoms with Crippen LogP contribution in [0.2, 0.25) is 0 Å². The van der Waals surface area contributed by atoms with Crippen molar-refractivity contribution in [1.82, 2.24) is 25.2 Å². The van der Waals surface area contributed by atoms with Crippen LogP contribution in [0.5, 0.6) is 0 Å². The lowest BCUT2D eigenvalue weighted by atomic mass is 10.2. The highest BCUT2D eigenvalue weighted by Crippen LogP contribution is 2.17. The van der Waals surface area contributed by atoms with Crippen molar-refractivity contribution in [2.75, 3.05) is 20.1 Å². The van der Waals surface area contributed by atoms with Crippen LogP contribution in [-0.2, 0) is 19.4 Å². The van der Waals surface area contributed by atoms with E-state index in [0.717, 1.165) is 54.0 Å². The lowest BCUT2D eigenvalue weighted by Gasteiger charge is -2.21. The van der Waals surface area contributed by atoms with Gasteiger partial charge in [-0.25, -0.2) is 9.97 Å². The molecule has 0 saturated carbocycles. The summed E-state index contributed by atoms with van der Waals surface area (Å²) in [6.45, 7) is 6.45. The summed E-state index contributed by atoms with van der Waals surface area (Å²) in [6.07, 6.45) is 5.77. The van der Waals surface area contributed by atoms with E-state index in [1.54, 1.807) is 11.3 Å². The van der Waals surface area contributed by atoms with Crippen molar-refractivity contribution in [2.45, 2.75) is 33.2 Å². The summed E-state index contributed by atoms with van der Waals surface area (Å²) >= 11 is 1.78. The van der Waals surface area contributed by atoms with E-state index in [-0.39, 0.29) is 0 Å². The number of H-pyrrole nitrogens is 1. The smallest absolute Gasteiger partial charge is 0.194 e. The molecule has 0 saturated heterocycles. The first-order valence-electron chi connectivity index (χ1n) is 9.72. The number of benzene rings is 1. The Morgan fingerprint density at radius 3 is 2.71 bits per heavy atom. The Hall–Kier alpha value is -2.67. The summed E-state index contributed by atoms with van der Waals surface area (Å²) < 4.78 is 0. The zero-order valence-electron chi connectivity index (χ0n) is 16.8. The molecule has 0 radical (unpaired) electrons. The lowest BCUT2D eigenvalue weighted by molar-refractivity contribution is 0.464. The van der Waals surface area contributed by atoms with Crippen LogP contribution < -0.4 is 5.32 Å². The highest BCUT2D eigenvalue weighted by Gasteiger charge is 2.10. The molecule has 0 bridgehead atoms. The van der Waals surface area contributed by atoms with Gasteiger partial charge in [0.15, 0.2) is 5.96 Å². The van der Waals surface area contributed by atoms with Gasteiger partial charge >= 0.3 is 0 Å². The first-order chi connectivity index (χ1) is 13.7. The highest BCUT2D eigenvalue weighted by molar-refractivity contribution is 7.11. The quantitative estimate of drug-likeness (QED) is 0.450. The zero-order valence-corrected chi connectivity index (χ0v) is 17.6. The number of thiazole rings is 1. The van der Waals surface area contributed by atoms with E-state index in [4.69, 9.17) is 4.99 Å². The van der Waals surface area contributed by atoms with Gasteiger partial charge in [-0.1, -0.05) is 37.3 Å². The van der Waals surface area contributed by atoms with E-state index in [0.29, 0.717) is 6.54 Å². The topological polar surface area (TPSA) is 69.2 Å². The average molecular weight is 397 g/mol. The first kappa shape index (κ1) is 20.1. The van der Waals surface area contributed by atoms with Crippen molar-refractivity contribution in [3.63, 3.8) is 0 Å². The number of aromatic amines is 1. The maximum absolute atomic E-state index is 4.76. The average Bonchev–Trinajstić information content (AvgIpc) is 3.37. The molecule has 2 aromatic heterocycles. The molecule has 0 aliphatic rings. The fourth-order valence-electron chi connectivity index (χ4n) is 2.86. The predicted molar refractivity (Wildman–Crippen MR) is 117 cm³/mol. The van der Waals surface area contributed by atoms with Crippen LogP contribution in [-0.4, -0.2) is 45.9 Å². The Morgan fingerprint density at radius 2 is 2.00 bits per heavy atom. The lowest BCUT2D eigenvalue weighted by Crippen LogP contribution is -2.38. The SMILES string of the molecule is CCNC(=NCCc1ncc(CC)s1)N(C)Cc1ncc(-c2ccccc2)[nH]1. The Balaban J connectivity index is 1.60. The number of imidazole rings is 1. The maximum atomic E-state index is 4.76. The maximum Gasteiger partial charge on any atom is 0.194 e. The summed E-state index contributed by atoms with van der Waals surface area (Å²) in [6, 6.07) is 10.2. The van der Waals surface area contributed by atoms with Gasteiger partial charge in [-0.05, 0) is 18.9 Å². The van der Waals surface area contributed by atoms with Crippen molar-refractivity contribution in [3.8, 4) is 11.3 Å². The summed E-state index contributed by atoms with van der Waals surface area (Å²) in [5.74, 6) is 1.80. The minimum Gasteiger partial charge on any atom is -0.357 e. The van der Waals surface area contributed by atoms with E-state index >= 15 is 0 Å². The van der Waals surface area contributed by atoms with Crippen LogP contribution in [0.25, 0.3) is 11.3 Å². The van der Waals surface area contributed by atoms with Gasteiger partial charge in [0.05, 0.1) is 23.4 Å². The second-order valence-electron chi connectivity index (χ2n) is 6.53. The minimum absolute atomic E-state index is 0.663. The van der Waals surface area contributed by atoms with Crippen molar-refractivity contribution in [1.29, 1.82) is 0 Å². The second kappa shape index (κ2) is 10.0. The number of nitrogens with one attached hydrogen (secondary N) is 2. The second-order valence-corrected chi connectivity index (χ2v) is 7.72. The molecule has 0 aliphatic heterocycles. The van der Waals surface area contributed by atoms with Crippen LogP contribution in [0.1, 0.15) is 29.6 Å². The van der Waals surface area contributed by atoms with Gasteiger partial charge in [0.25, 0.3) is 0 Å². The monoisotopic (exact) mass is 396 g/mol. The number of guanidine groups is 1. The minimum atomic E-state index is 0.663. The number of hydrogen-bond acceptors (Lipinski definition) is 4. The van der Waals surface area contributed by atoms with E-state index < -0.39 is 0 Å². The van der Waals surface area contributed by atoms with Crippen LogP contribution in [0.15, 0.2) is 47.7 Å². The molecule has 3 aromatic rings. The normalized spacial score (nSPS) is 11.6. The molecule has 0 unspecified atom stereocenters. The summed E-state index contributed by atoms with van der Waals surface area (Å²) in [7, 11) is 2.03. The molecule has 1 aromatic carbocycles. The van der Waals surface area contributed by atoms with Crippen molar-refractivity contribution in [3.05, 3.63) is 58.4 Å².